The summed E-state index contributed by atoms with van der Waals surface area (Å²) in [7, 11) is -1.64. The molecule has 0 spiro atoms. The van der Waals surface area contributed by atoms with Gasteiger partial charge in [-0.3, -0.25) is 0 Å². The smallest absolute Gasteiger partial charge is 0.410 e. The minimum atomic E-state index is -1.64. The average molecular weight is 316 g/mol. The van der Waals surface area contributed by atoms with Crippen LogP contribution in [0.1, 0.15) is 48.0 Å². The lowest BCUT2D eigenvalue weighted by Gasteiger charge is -2.41. The standard InChI is InChI=1S/C16H33NO3Si/c1-15(2,3)20-14(18)17-11-13(12-17)9-10-19-21(7,8)16(4,5)6/h13H,9-12H2,1-8H3. The van der Waals surface area contributed by atoms with E-state index in [4.69, 9.17) is 9.16 Å². The topological polar surface area (TPSA) is 38.8 Å². The van der Waals surface area contributed by atoms with Gasteiger partial charge in [-0.25, -0.2) is 4.79 Å². The lowest BCUT2D eigenvalue weighted by molar-refractivity contribution is -0.00408. The van der Waals surface area contributed by atoms with Crippen molar-refractivity contribution in [3.05, 3.63) is 0 Å². The maximum atomic E-state index is 11.8. The summed E-state index contributed by atoms with van der Waals surface area (Å²) in [6, 6.07) is 0. The molecule has 5 heteroatoms. The van der Waals surface area contributed by atoms with Gasteiger partial charge in [-0.05, 0) is 51.2 Å². The molecule has 0 aromatic rings. The Bertz CT molecular complexity index is 363. The van der Waals surface area contributed by atoms with Crippen molar-refractivity contribution in [2.45, 2.75) is 71.7 Å². The second-order valence-corrected chi connectivity index (χ2v) is 13.5. The Labute approximate surface area is 131 Å². The van der Waals surface area contributed by atoms with E-state index in [1.807, 2.05) is 20.8 Å². The SMILES string of the molecule is CC(C)(C)OC(=O)N1CC(CCO[Si](C)(C)C(C)(C)C)C1. The van der Waals surface area contributed by atoms with Gasteiger partial charge in [0.05, 0.1) is 0 Å². The average Bonchev–Trinajstić information content (AvgIpc) is 2.16. The molecule has 1 rings (SSSR count). The number of likely N-dealkylation sites (tertiary alicyclic amines) is 1. The lowest BCUT2D eigenvalue weighted by atomic mass is 9.97. The Hall–Kier alpha value is -0.553. The van der Waals surface area contributed by atoms with E-state index in [1.165, 1.54) is 0 Å². The van der Waals surface area contributed by atoms with Crippen LogP contribution in [0.3, 0.4) is 0 Å². The first-order valence-electron chi connectivity index (χ1n) is 7.94. The zero-order valence-electron chi connectivity index (χ0n) is 15.1. The van der Waals surface area contributed by atoms with Gasteiger partial charge in [0.15, 0.2) is 8.32 Å². The molecule has 1 saturated heterocycles. The summed E-state index contributed by atoms with van der Waals surface area (Å²) in [5.74, 6) is 0.558. The number of hydrogen-bond donors (Lipinski definition) is 0. The molecular formula is C16H33NO3Si. The van der Waals surface area contributed by atoms with Crippen molar-refractivity contribution in [2.75, 3.05) is 19.7 Å². The fourth-order valence-electron chi connectivity index (χ4n) is 1.93. The fraction of sp³-hybridized carbons (Fsp3) is 0.938. The van der Waals surface area contributed by atoms with Crippen LogP contribution in [-0.4, -0.2) is 44.6 Å². The van der Waals surface area contributed by atoms with Crippen molar-refractivity contribution >= 4 is 14.4 Å². The summed E-state index contributed by atoms with van der Waals surface area (Å²) >= 11 is 0. The summed E-state index contributed by atoms with van der Waals surface area (Å²) in [6.07, 6.45) is 0.843. The minimum absolute atomic E-state index is 0.191. The summed E-state index contributed by atoms with van der Waals surface area (Å²) in [4.78, 5) is 13.6. The Kier molecular flexibility index (Phi) is 5.54. The highest BCUT2D eigenvalue weighted by molar-refractivity contribution is 6.74. The maximum Gasteiger partial charge on any atom is 0.410 e. The monoisotopic (exact) mass is 315 g/mol. The molecule has 1 aliphatic heterocycles. The first-order valence-corrected chi connectivity index (χ1v) is 10.8. The largest absolute Gasteiger partial charge is 0.444 e. The lowest BCUT2D eigenvalue weighted by Crippen LogP contribution is -2.52. The minimum Gasteiger partial charge on any atom is -0.444 e. The molecule has 0 atom stereocenters. The van der Waals surface area contributed by atoms with E-state index < -0.39 is 13.9 Å². The van der Waals surface area contributed by atoms with E-state index in [-0.39, 0.29) is 11.1 Å². The van der Waals surface area contributed by atoms with E-state index >= 15 is 0 Å². The van der Waals surface area contributed by atoms with Gasteiger partial charge in [-0.15, -0.1) is 0 Å². The first-order chi connectivity index (χ1) is 9.32. The van der Waals surface area contributed by atoms with E-state index in [0.717, 1.165) is 26.1 Å². The molecule has 21 heavy (non-hydrogen) atoms. The van der Waals surface area contributed by atoms with Gasteiger partial charge >= 0.3 is 6.09 Å². The van der Waals surface area contributed by atoms with Crippen molar-refractivity contribution in [1.29, 1.82) is 0 Å². The summed E-state index contributed by atoms with van der Waals surface area (Å²) in [5.41, 5.74) is -0.409. The van der Waals surface area contributed by atoms with Gasteiger partial charge in [0.2, 0.25) is 0 Å². The molecular weight excluding hydrogens is 282 g/mol. The normalized spacial score (nSPS) is 17.6. The third-order valence-electron chi connectivity index (χ3n) is 4.40. The number of hydrogen-bond acceptors (Lipinski definition) is 3. The summed E-state index contributed by atoms with van der Waals surface area (Å²) in [6.45, 7) is 19.4. The molecule has 0 aromatic carbocycles. The Morgan fingerprint density at radius 2 is 1.67 bits per heavy atom. The molecule has 1 fully saturated rings. The molecule has 0 saturated carbocycles. The molecule has 1 amide bonds. The van der Waals surface area contributed by atoms with Crippen LogP contribution in [0.25, 0.3) is 0 Å². The van der Waals surface area contributed by atoms with Crippen LogP contribution in [0.2, 0.25) is 18.1 Å². The molecule has 0 bridgehead atoms. The van der Waals surface area contributed by atoms with Gasteiger partial charge < -0.3 is 14.1 Å². The molecule has 0 aromatic heterocycles. The van der Waals surface area contributed by atoms with Crippen molar-refractivity contribution in [1.82, 2.24) is 4.90 Å². The van der Waals surface area contributed by atoms with Crippen LogP contribution >= 0.6 is 0 Å². The van der Waals surface area contributed by atoms with Crippen molar-refractivity contribution in [3.8, 4) is 0 Å². The molecule has 4 nitrogen and oxygen atoms in total. The molecule has 1 heterocycles. The molecule has 0 N–H and O–H groups in total. The number of rotatable bonds is 4. The molecule has 0 radical (unpaired) electrons. The van der Waals surface area contributed by atoms with E-state index in [0.29, 0.717) is 5.92 Å². The predicted molar refractivity (Wildman–Crippen MR) is 89.1 cm³/mol. The van der Waals surface area contributed by atoms with E-state index in [1.54, 1.807) is 4.90 Å². The fourth-order valence-corrected chi connectivity index (χ4v) is 2.99. The number of ether oxygens (including phenoxy) is 1. The van der Waals surface area contributed by atoms with Crippen LogP contribution in [0.15, 0.2) is 0 Å². The van der Waals surface area contributed by atoms with Gasteiger partial charge in [0.25, 0.3) is 0 Å². The third kappa shape index (κ3) is 5.62. The van der Waals surface area contributed by atoms with Crippen LogP contribution in [-0.2, 0) is 9.16 Å². The Balaban J connectivity index is 2.23. The Morgan fingerprint density at radius 3 is 2.10 bits per heavy atom. The van der Waals surface area contributed by atoms with Crippen molar-refractivity contribution in [3.63, 3.8) is 0 Å². The van der Waals surface area contributed by atoms with Crippen LogP contribution in [0, 0.1) is 5.92 Å². The van der Waals surface area contributed by atoms with Crippen molar-refractivity contribution < 1.29 is 14.0 Å². The predicted octanol–water partition coefficient (Wildman–Crippen LogP) is 4.27. The van der Waals surface area contributed by atoms with Gasteiger partial charge in [-0.2, -0.15) is 0 Å². The van der Waals surface area contributed by atoms with E-state index in [2.05, 4.69) is 33.9 Å². The molecule has 0 unspecified atom stereocenters. The van der Waals surface area contributed by atoms with Gasteiger partial charge in [0.1, 0.15) is 5.60 Å². The van der Waals surface area contributed by atoms with Crippen LogP contribution in [0.4, 0.5) is 4.79 Å². The number of carbonyl (C=O) groups excluding carboxylic acids is 1. The van der Waals surface area contributed by atoms with Crippen molar-refractivity contribution in [2.24, 2.45) is 5.92 Å². The number of carbonyl (C=O) groups is 1. The number of nitrogens with zero attached hydrogens (tertiary/aromatic N) is 1. The van der Waals surface area contributed by atoms with Gasteiger partial charge in [-0.1, -0.05) is 20.8 Å². The van der Waals surface area contributed by atoms with E-state index in [9.17, 15) is 4.79 Å². The Morgan fingerprint density at radius 1 is 1.14 bits per heavy atom. The van der Waals surface area contributed by atoms with Gasteiger partial charge in [0, 0.05) is 19.7 Å². The second kappa shape index (κ2) is 6.29. The number of amides is 1. The molecule has 124 valence electrons. The van der Waals surface area contributed by atoms with Crippen LogP contribution < -0.4 is 0 Å². The third-order valence-corrected chi connectivity index (χ3v) is 8.94. The van der Waals surface area contributed by atoms with Crippen LogP contribution in [0.5, 0.6) is 0 Å². The quantitative estimate of drug-likeness (QED) is 0.727. The molecule has 0 aliphatic carbocycles. The molecule has 1 aliphatic rings. The highest BCUT2D eigenvalue weighted by Gasteiger charge is 2.38. The first kappa shape index (κ1) is 18.5. The zero-order chi connectivity index (χ0) is 16.5. The highest BCUT2D eigenvalue weighted by atomic mass is 28.4. The second-order valence-electron chi connectivity index (χ2n) is 8.65. The summed E-state index contributed by atoms with van der Waals surface area (Å²) < 4.78 is 11.5. The zero-order valence-corrected chi connectivity index (χ0v) is 16.1. The summed E-state index contributed by atoms with van der Waals surface area (Å²) in [5, 5.41) is 0.259. The maximum absolute atomic E-state index is 11.8. The highest BCUT2D eigenvalue weighted by Crippen LogP contribution is 2.36.